The second-order valence-electron chi connectivity index (χ2n) is 11.8. The number of alkyl halides is 3. The minimum atomic E-state index is -4.63. The third-order valence-corrected chi connectivity index (χ3v) is 8.81. The first-order chi connectivity index (χ1) is 23.4. The summed E-state index contributed by atoms with van der Waals surface area (Å²) >= 11 is 0. The number of benzene rings is 3. The number of allylic oxidation sites excluding steroid dienone is 1. The third-order valence-electron chi connectivity index (χ3n) is 8.81. The summed E-state index contributed by atoms with van der Waals surface area (Å²) in [4.78, 5) is 33.0. The van der Waals surface area contributed by atoms with Crippen molar-refractivity contribution in [1.82, 2.24) is 25.1 Å². The number of pyridine rings is 1. The molecule has 0 bridgehead atoms. The van der Waals surface area contributed by atoms with E-state index in [4.69, 9.17) is 9.72 Å². The number of ether oxygens (including phenoxy) is 1. The fourth-order valence-corrected chi connectivity index (χ4v) is 6.28. The SMILES string of the molecule is COC(=O)C1=C(C)N(c2cccc(C(F)(F)F)c2)c2n[nH]c(=O)n2C1c1ccc(C#N)cc1CCNCc1cccc2cc(C)c(C)nc12. The summed E-state index contributed by atoms with van der Waals surface area (Å²) in [6, 6.07) is 18.7. The first-order valence-electron chi connectivity index (χ1n) is 15.5. The number of aryl methyl sites for hydroxylation is 2. The Bertz CT molecular complexity index is 2230. The second kappa shape index (κ2) is 13.0. The van der Waals surface area contributed by atoms with E-state index in [-0.39, 0.29) is 22.9 Å². The van der Waals surface area contributed by atoms with Gasteiger partial charge in [-0.25, -0.2) is 19.3 Å². The summed E-state index contributed by atoms with van der Waals surface area (Å²) in [6.45, 7) is 6.55. The van der Waals surface area contributed by atoms with Crippen molar-refractivity contribution in [2.75, 3.05) is 18.6 Å². The van der Waals surface area contributed by atoms with Crippen LogP contribution in [0.4, 0.5) is 24.8 Å². The molecule has 49 heavy (non-hydrogen) atoms. The number of carbonyl (C=O) groups is 1. The first kappa shape index (κ1) is 33.2. The predicted octanol–water partition coefficient (Wildman–Crippen LogP) is 6.15. The molecule has 0 radical (unpaired) electrons. The minimum Gasteiger partial charge on any atom is -0.466 e. The molecule has 5 aromatic rings. The van der Waals surface area contributed by atoms with E-state index in [1.807, 2.05) is 32.0 Å². The molecule has 2 aromatic heterocycles. The lowest BCUT2D eigenvalue weighted by molar-refractivity contribution is -0.138. The predicted molar refractivity (Wildman–Crippen MR) is 177 cm³/mol. The Hall–Kier alpha value is -5.74. The molecule has 3 aromatic carbocycles. The molecule has 0 aliphatic carbocycles. The number of fused-ring (bicyclic) bond motifs is 2. The topological polar surface area (TPSA) is 129 Å². The number of methoxy groups -OCH3 is 1. The van der Waals surface area contributed by atoms with Crippen molar-refractivity contribution in [3.05, 3.63) is 128 Å². The zero-order valence-corrected chi connectivity index (χ0v) is 27.1. The van der Waals surface area contributed by atoms with E-state index >= 15 is 0 Å². The number of aromatic nitrogens is 4. The third kappa shape index (κ3) is 6.18. The molecule has 10 nitrogen and oxygen atoms in total. The maximum atomic E-state index is 13.7. The molecular formula is C36H32F3N7O3. The monoisotopic (exact) mass is 667 g/mol. The van der Waals surface area contributed by atoms with E-state index < -0.39 is 29.4 Å². The molecule has 0 spiro atoms. The van der Waals surface area contributed by atoms with Crippen LogP contribution in [0.15, 0.2) is 82.8 Å². The van der Waals surface area contributed by atoms with Gasteiger partial charge in [0.25, 0.3) is 0 Å². The molecular weight excluding hydrogens is 635 g/mol. The van der Waals surface area contributed by atoms with Crippen molar-refractivity contribution in [3.8, 4) is 6.07 Å². The number of hydrogen-bond donors (Lipinski definition) is 2. The average Bonchev–Trinajstić information content (AvgIpc) is 3.46. The number of carbonyl (C=O) groups excluding carboxylic acids is 1. The van der Waals surface area contributed by atoms with Crippen LogP contribution in [0.5, 0.6) is 0 Å². The van der Waals surface area contributed by atoms with E-state index in [0.717, 1.165) is 39.9 Å². The van der Waals surface area contributed by atoms with Crippen molar-refractivity contribution in [1.29, 1.82) is 5.26 Å². The van der Waals surface area contributed by atoms with Crippen LogP contribution in [0.2, 0.25) is 0 Å². The van der Waals surface area contributed by atoms with Crippen LogP contribution in [-0.2, 0) is 28.7 Å². The van der Waals surface area contributed by atoms with Crippen LogP contribution < -0.4 is 15.9 Å². The zero-order valence-electron chi connectivity index (χ0n) is 27.1. The Balaban J connectivity index is 1.39. The normalized spacial score (nSPS) is 14.6. The second-order valence-corrected chi connectivity index (χ2v) is 11.8. The summed E-state index contributed by atoms with van der Waals surface area (Å²) in [5, 5.41) is 20.8. The van der Waals surface area contributed by atoms with Gasteiger partial charge in [-0.2, -0.15) is 18.4 Å². The van der Waals surface area contributed by atoms with E-state index in [0.29, 0.717) is 36.2 Å². The highest BCUT2D eigenvalue weighted by molar-refractivity contribution is 5.93. The van der Waals surface area contributed by atoms with Gasteiger partial charge in [0.05, 0.1) is 35.4 Å². The van der Waals surface area contributed by atoms with Gasteiger partial charge in [-0.15, -0.1) is 5.10 Å². The molecule has 1 unspecified atom stereocenters. The maximum Gasteiger partial charge on any atom is 0.416 e. The molecule has 0 fully saturated rings. The number of nitrogens with one attached hydrogen (secondary N) is 2. The number of esters is 1. The number of aromatic amines is 1. The summed E-state index contributed by atoms with van der Waals surface area (Å²) in [5.74, 6) is -0.789. The Labute approximate surface area is 279 Å². The molecule has 1 atom stereocenters. The zero-order chi connectivity index (χ0) is 35.0. The fourth-order valence-electron chi connectivity index (χ4n) is 6.28. The van der Waals surface area contributed by atoms with Gasteiger partial charge in [0.15, 0.2) is 0 Å². The standard InChI is InChI=1S/C36H32F3N7O3/c1-20-15-25-7-5-8-26(31(25)42-21(20)2)19-41-14-13-24-16-23(18-40)11-12-29(24)32-30(33(47)49-4)22(3)45(34-43-44-35(48)46(32)34)28-10-6-9-27(17-28)36(37,38)39/h5-12,15-17,32,41H,13-14,19H2,1-4H3,(H,44,48). The largest absolute Gasteiger partial charge is 0.466 e. The Morgan fingerprint density at radius 2 is 1.84 bits per heavy atom. The van der Waals surface area contributed by atoms with Gasteiger partial charge >= 0.3 is 17.8 Å². The lowest BCUT2D eigenvalue weighted by Crippen LogP contribution is -2.38. The number of halogens is 3. The number of nitriles is 1. The van der Waals surface area contributed by atoms with Gasteiger partial charge in [-0.3, -0.25) is 9.88 Å². The van der Waals surface area contributed by atoms with Crippen molar-refractivity contribution in [2.45, 2.75) is 46.0 Å². The molecule has 1 aliphatic rings. The van der Waals surface area contributed by atoms with Gasteiger partial charge in [0.2, 0.25) is 5.95 Å². The van der Waals surface area contributed by atoms with Crippen LogP contribution in [0.25, 0.3) is 10.9 Å². The van der Waals surface area contributed by atoms with E-state index in [1.54, 1.807) is 25.1 Å². The number of para-hydroxylation sites is 1. The van der Waals surface area contributed by atoms with Crippen molar-refractivity contribution < 1.29 is 22.7 Å². The molecule has 250 valence electrons. The van der Waals surface area contributed by atoms with Gasteiger partial charge in [0, 0.05) is 29.0 Å². The van der Waals surface area contributed by atoms with Gasteiger partial charge in [-0.1, -0.05) is 30.3 Å². The lowest BCUT2D eigenvalue weighted by Gasteiger charge is -2.36. The van der Waals surface area contributed by atoms with E-state index in [9.17, 15) is 28.0 Å². The maximum absolute atomic E-state index is 13.7. The molecule has 3 heterocycles. The Morgan fingerprint density at radius 3 is 2.57 bits per heavy atom. The van der Waals surface area contributed by atoms with Crippen molar-refractivity contribution in [2.24, 2.45) is 0 Å². The van der Waals surface area contributed by atoms with Crippen molar-refractivity contribution in [3.63, 3.8) is 0 Å². The van der Waals surface area contributed by atoms with E-state index in [2.05, 4.69) is 27.6 Å². The highest BCUT2D eigenvalue weighted by Crippen LogP contribution is 2.43. The van der Waals surface area contributed by atoms with Crippen LogP contribution in [0.3, 0.4) is 0 Å². The number of anilines is 2. The number of H-pyrrole nitrogens is 1. The van der Waals surface area contributed by atoms with Crippen LogP contribution in [0.1, 0.15) is 52.0 Å². The van der Waals surface area contributed by atoms with Crippen LogP contribution in [0, 0.1) is 25.2 Å². The first-order valence-corrected chi connectivity index (χ1v) is 15.5. The highest BCUT2D eigenvalue weighted by atomic mass is 19.4. The molecule has 6 rings (SSSR count). The molecule has 2 N–H and O–H groups in total. The number of rotatable bonds is 8. The van der Waals surface area contributed by atoms with Crippen LogP contribution in [-0.4, -0.2) is 39.4 Å². The summed E-state index contributed by atoms with van der Waals surface area (Å²) in [7, 11) is 1.19. The quantitative estimate of drug-likeness (QED) is 0.149. The molecule has 0 saturated heterocycles. The van der Waals surface area contributed by atoms with Crippen LogP contribution >= 0.6 is 0 Å². The highest BCUT2D eigenvalue weighted by Gasteiger charge is 2.41. The summed E-state index contributed by atoms with van der Waals surface area (Å²) in [6.07, 6.45) is -4.22. The molecule has 0 saturated carbocycles. The fraction of sp³-hybridized carbons (Fsp3) is 0.250. The van der Waals surface area contributed by atoms with Gasteiger partial charge in [0.1, 0.15) is 6.04 Å². The van der Waals surface area contributed by atoms with Gasteiger partial charge in [-0.05, 0) is 92.4 Å². The summed E-state index contributed by atoms with van der Waals surface area (Å²) < 4.78 is 47.5. The van der Waals surface area contributed by atoms with Gasteiger partial charge < -0.3 is 10.1 Å². The smallest absolute Gasteiger partial charge is 0.416 e. The summed E-state index contributed by atoms with van der Waals surface area (Å²) in [5.41, 5.74) is 4.30. The lowest BCUT2D eigenvalue weighted by atomic mass is 9.89. The van der Waals surface area contributed by atoms with E-state index in [1.165, 1.54) is 28.7 Å². The minimum absolute atomic E-state index is 0.0121. The molecule has 0 amide bonds. The Kier molecular flexibility index (Phi) is 8.83. The number of nitrogens with zero attached hydrogens (tertiary/aromatic N) is 5. The van der Waals surface area contributed by atoms with Crippen molar-refractivity contribution >= 4 is 28.5 Å². The molecule has 13 heteroatoms. The molecule has 1 aliphatic heterocycles. The average molecular weight is 668 g/mol. The Morgan fingerprint density at radius 1 is 1.06 bits per heavy atom. The number of hydrogen-bond acceptors (Lipinski definition) is 8.